The van der Waals surface area contributed by atoms with Crippen LogP contribution in [0.25, 0.3) is 0 Å². The number of fused-ring (bicyclic) bond motifs is 1. The number of hydrogen-bond donors (Lipinski definition) is 1. The largest absolute Gasteiger partial charge is 0.396 e. The Balaban J connectivity index is 1.87. The Hall–Kier alpha value is -0.280. The molecule has 3 rings (SSSR count). The van der Waals surface area contributed by atoms with Gasteiger partial charge in [0.1, 0.15) is 23.9 Å². The quantitative estimate of drug-likeness (QED) is 0.821. The molecule has 0 aromatic heterocycles. The summed E-state index contributed by atoms with van der Waals surface area (Å²) in [5.41, 5.74) is -0.832. The summed E-state index contributed by atoms with van der Waals surface area (Å²) in [4.78, 5) is 0. The van der Waals surface area contributed by atoms with Crippen LogP contribution in [-0.4, -0.2) is 67.2 Å². The first-order chi connectivity index (χ1) is 10.2. The van der Waals surface area contributed by atoms with E-state index in [1.54, 1.807) is 7.11 Å². The lowest BCUT2D eigenvalue weighted by Crippen LogP contribution is -2.55. The van der Waals surface area contributed by atoms with Crippen molar-refractivity contribution >= 4 is 0 Å². The lowest BCUT2D eigenvalue weighted by molar-refractivity contribution is -0.253. The lowest BCUT2D eigenvalue weighted by atomic mass is 9.86. The predicted molar refractivity (Wildman–Crippen MR) is 75.0 cm³/mol. The molecule has 7 heteroatoms. The molecule has 5 atom stereocenters. The molecular formula is C15H26O7. The van der Waals surface area contributed by atoms with E-state index in [0.717, 1.165) is 0 Å². The average Bonchev–Trinajstić information content (AvgIpc) is 3.00. The van der Waals surface area contributed by atoms with Crippen molar-refractivity contribution in [1.29, 1.82) is 0 Å². The summed E-state index contributed by atoms with van der Waals surface area (Å²) in [6.45, 7) is 7.75. The Bertz CT molecular complexity index is 424. The van der Waals surface area contributed by atoms with Gasteiger partial charge in [-0.3, -0.25) is 0 Å². The molecule has 1 N–H and O–H groups in total. The van der Waals surface area contributed by atoms with Gasteiger partial charge in [0.2, 0.25) is 0 Å². The van der Waals surface area contributed by atoms with E-state index in [2.05, 4.69) is 0 Å². The van der Waals surface area contributed by atoms with Gasteiger partial charge in [0.05, 0.1) is 6.61 Å². The summed E-state index contributed by atoms with van der Waals surface area (Å²) in [6, 6.07) is 0. The van der Waals surface area contributed by atoms with Crippen LogP contribution < -0.4 is 0 Å². The molecule has 22 heavy (non-hydrogen) atoms. The van der Waals surface area contributed by atoms with Gasteiger partial charge in [-0.2, -0.15) is 0 Å². The molecule has 3 fully saturated rings. The number of methoxy groups -OCH3 is 1. The van der Waals surface area contributed by atoms with Crippen LogP contribution in [0.3, 0.4) is 0 Å². The van der Waals surface area contributed by atoms with E-state index in [9.17, 15) is 5.11 Å². The number of aliphatic hydroxyl groups is 1. The maximum atomic E-state index is 9.53. The summed E-state index contributed by atoms with van der Waals surface area (Å²) in [7, 11) is 1.60. The van der Waals surface area contributed by atoms with Gasteiger partial charge >= 0.3 is 0 Å². The first-order valence-electron chi connectivity index (χ1n) is 7.72. The molecule has 0 aromatic rings. The maximum absolute atomic E-state index is 9.53. The average molecular weight is 318 g/mol. The van der Waals surface area contributed by atoms with Crippen LogP contribution in [0.15, 0.2) is 0 Å². The molecule has 128 valence electrons. The summed E-state index contributed by atoms with van der Waals surface area (Å²) < 4.78 is 35.3. The van der Waals surface area contributed by atoms with Crippen molar-refractivity contribution in [2.75, 3.05) is 20.3 Å². The summed E-state index contributed by atoms with van der Waals surface area (Å²) in [5.74, 6) is -1.41. The minimum Gasteiger partial charge on any atom is -0.396 e. The highest BCUT2D eigenvalue weighted by molar-refractivity contribution is 5.09. The number of aliphatic hydroxyl groups excluding tert-OH is 1. The van der Waals surface area contributed by atoms with Crippen LogP contribution >= 0.6 is 0 Å². The smallest absolute Gasteiger partial charge is 0.190 e. The fourth-order valence-electron chi connectivity index (χ4n) is 3.64. The molecule has 0 aliphatic carbocycles. The third-order valence-electron chi connectivity index (χ3n) is 4.55. The molecule has 3 saturated heterocycles. The van der Waals surface area contributed by atoms with Crippen molar-refractivity contribution in [2.45, 2.75) is 75.9 Å². The molecule has 3 heterocycles. The van der Waals surface area contributed by atoms with Crippen molar-refractivity contribution in [3.63, 3.8) is 0 Å². The monoisotopic (exact) mass is 318 g/mol. The summed E-state index contributed by atoms with van der Waals surface area (Å²) in [6.07, 6.45) is -1.33. The zero-order valence-corrected chi connectivity index (χ0v) is 13.8. The second kappa shape index (κ2) is 5.37. The fourth-order valence-corrected chi connectivity index (χ4v) is 3.64. The van der Waals surface area contributed by atoms with Crippen molar-refractivity contribution in [3.05, 3.63) is 0 Å². The Morgan fingerprint density at radius 3 is 2.32 bits per heavy atom. The van der Waals surface area contributed by atoms with Crippen LogP contribution in [0, 0.1) is 0 Å². The lowest BCUT2D eigenvalue weighted by Gasteiger charge is -2.38. The molecular weight excluding hydrogens is 292 g/mol. The second-order valence-electron chi connectivity index (χ2n) is 6.98. The third kappa shape index (κ3) is 2.58. The van der Waals surface area contributed by atoms with Crippen LogP contribution in [0.1, 0.15) is 34.1 Å². The number of rotatable bonds is 4. The second-order valence-corrected chi connectivity index (χ2v) is 6.98. The van der Waals surface area contributed by atoms with Gasteiger partial charge in [-0.15, -0.1) is 0 Å². The Morgan fingerprint density at radius 1 is 1.05 bits per heavy atom. The highest BCUT2D eigenvalue weighted by Crippen LogP contribution is 2.48. The van der Waals surface area contributed by atoms with Gasteiger partial charge in [0, 0.05) is 20.1 Å². The minimum atomic E-state index is -0.832. The number of hydrogen-bond acceptors (Lipinski definition) is 7. The molecule has 0 radical (unpaired) electrons. The number of ether oxygens (including phenoxy) is 6. The van der Waals surface area contributed by atoms with Gasteiger partial charge in [-0.05, 0) is 27.7 Å². The molecule has 3 aliphatic rings. The van der Waals surface area contributed by atoms with Crippen LogP contribution in [0.4, 0.5) is 0 Å². The topological polar surface area (TPSA) is 75.6 Å². The van der Waals surface area contributed by atoms with Gasteiger partial charge in [-0.1, -0.05) is 0 Å². The molecule has 3 aliphatic heterocycles. The first kappa shape index (κ1) is 16.6. The van der Waals surface area contributed by atoms with Crippen molar-refractivity contribution < 1.29 is 33.5 Å². The van der Waals surface area contributed by atoms with E-state index in [-0.39, 0.29) is 12.7 Å². The molecule has 0 bridgehead atoms. The van der Waals surface area contributed by atoms with Gasteiger partial charge in [0.25, 0.3) is 0 Å². The van der Waals surface area contributed by atoms with Crippen LogP contribution in [-0.2, 0) is 28.4 Å². The van der Waals surface area contributed by atoms with Crippen molar-refractivity contribution in [2.24, 2.45) is 0 Å². The van der Waals surface area contributed by atoms with Crippen LogP contribution in [0.2, 0.25) is 0 Å². The molecule has 0 saturated carbocycles. The maximum Gasteiger partial charge on any atom is 0.190 e. The third-order valence-corrected chi connectivity index (χ3v) is 4.55. The van der Waals surface area contributed by atoms with Gasteiger partial charge < -0.3 is 33.5 Å². The highest BCUT2D eigenvalue weighted by atomic mass is 16.9. The molecule has 0 amide bonds. The highest BCUT2D eigenvalue weighted by Gasteiger charge is 2.66. The van der Waals surface area contributed by atoms with E-state index in [1.807, 2.05) is 27.7 Å². The van der Waals surface area contributed by atoms with Gasteiger partial charge in [0.15, 0.2) is 17.9 Å². The zero-order chi connectivity index (χ0) is 16.2. The van der Waals surface area contributed by atoms with E-state index in [4.69, 9.17) is 28.4 Å². The van der Waals surface area contributed by atoms with E-state index >= 15 is 0 Å². The Morgan fingerprint density at radius 2 is 1.77 bits per heavy atom. The minimum absolute atomic E-state index is 0.0440. The van der Waals surface area contributed by atoms with Gasteiger partial charge in [-0.25, -0.2) is 0 Å². The summed E-state index contributed by atoms with van der Waals surface area (Å²) >= 11 is 0. The van der Waals surface area contributed by atoms with Crippen molar-refractivity contribution in [1.82, 2.24) is 0 Å². The molecule has 0 unspecified atom stereocenters. The van der Waals surface area contributed by atoms with Crippen LogP contribution in [0.5, 0.6) is 0 Å². The van der Waals surface area contributed by atoms with E-state index < -0.39 is 35.7 Å². The molecule has 0 spiro atoms. The standard InChI is InChI=1S/C15H26O7/c1-13(2)18-8-9(20-13)10-15(17-5,6-7-16)11-12(19-10)22-14(3,4)21-11/h9-12,16H,6-8H2,1-5H3/t9-,10-,11+,12-,15-/m1/s1. The Kier molecular flexibility index (Phi) is 4.05. The van der Waals surface area contributed by atoms with Crippen molar-refractivity contribution in [3.8, 4) is 0 Å². The molecule has 7 nitrogen and oxygen atoms in total. The Labute approximate surface area is 130 Å². The normalized spacial score (nSPS) is 46.1. The van der Waals surface area contributed by atoms with E-state index in [1.165, 1.54) is 0 Å². The SMILES string of the molecule is CO[C@]1(CCO)[C@@H]([C@H]2COC(C)(C)O2)O[C@@H]2OC(C)(C)O[C@@H]21. The summed E-state index contributed by atoms with van der Waals surface area (Å²) in [5, 5.41) is 9.53. The fraction of sp³-hybridized carbons (Fsp3) is 1.00. The first-order valence-corrected chi connectivity index (χ1v) is 7.72. The predicted octanol–water partition coefficient (Wildman–Crippen LogP) is 0.782. The zero-order valence-electron chi connectivity index (χ0n) is 13.8. The molecule has 0 aromatic carbocycles. The van der Waals surface area contributed by atoms with E-state index in [0.29, 0.717) is 13.0 Å².